The number of rotatable bonds is 7. The molecule has 0 aliphatic carbocycles. The van der Waals surface area contributed by atoms with E-state index in [9.17, 15) is 9.90 Å². The third kappa shape index (κ3) is 5.04. The number of nitrogens with zero attached hydrogens (tertiary/aromatic N) is 1. The number of carbonyl (C=O) groups is 1. The van der Waals surface area contributed by atoms with Crippen LogP contribution in [0.4, 0.5) is 4.39 Å². The first kappa shape index (κ1) is 22.5. The molecule has 170 valence electrons. The lowest BCUT2D eigenvalue weighted by Crippen LogP contribution is -2.18. The van der Waals surface area contributed by atoms with Gasteiger partial charge in [-0.2, -0.15) is 0 Å². The molecule has 4 rings (SSSR count). The summed E-state index contributed by atoms with van der Waals surface area (Å²) in [5.41, 5.74) is 2.12. The first-order valence-corrected chi connectivity index (χ1v) is 10.5. The topological polar surface area (TPSA) is 84.4 Å². The molecule has 0 aliphatic heterocycles. The summed E-state index contributed by atoms with van der Waals surface area (Å²) in [7, 11) is 1.32. The lowest BCUT2D eigenvalue weighted by atomic mass is 9.94. The van der Waals surface area contributed by atoms with E-state index < -0.39 is 17.4 Å². The van der Waals surface area contributed by atoms with Crippen molar-refractivity contribution in [2.24, 2.45) is 0 Å². The van der Waals surface area contributed by atoms with E-state index in [0.29, 0.717) is 33.8 Å². The SMILES string of the molecule is COC(=O)c1ccc2[nH]c(Cc3cc(OCc4ccccc4)c(C(C)(C)O)cc3F)nc2c1. The first-order chi connectivity index (χ1) is 15.7. The number of nitrogens with one attached hydrogen (secondary N) is 1. The molecule has 0 saturated carbocycles. The van der Waals surface area contributed by atoms with Crippen LogP contribution in [0.5, 0.6) is 5.75 Å². The number of benzene rings is 3. The molecular weight excluding hydrogens is 423 g/mol. The molecule has 2 N–H and O–H groups in total. The van der Waals surface area contributed by atoms with Crippen LogP contribution in [0.3, 0.4) is 0 Å². The molecule has 6 nitrogen and oxygen atoms in total. The molecule has 0 amide bonds. The minimum Gasteiger partial charge on any atom is -0.488 e. The molecule has 0 radical (unpaired) electrons. The highest BCUT2D eigenvalue weighted by Gasteiger charge is 2.24. The summed E-state index contributed by atoms with van der Waals surface area (Å²) >= 11 is 0. The Hall–Kier alpha value is -3.71. The van der Waals surface area contributed by atoms with Crippen LogP contribution >= 0.6 is 0 Å². The van der Waals surface area contributed by atoms with Crippen LogP contribution in [-0.4, -0.2) is 28.2 Å². The summed E-state index contributed by atoms with van der Waals surface area (Å²) in [4.78, 5) is 19.4. The normalized spacial score (nSPS) is 11.5. The van der Waals surface area contributed by atoms with Crippen molar-refractivity contribution in [3.8, 4) is 5.75 Å². The van der Waals surface area contributed by atoms with Crippen molar-refractivity contribution >= 4 is 17.0 Å². The van der Waals surface area contributed by atoms with Crippen LogP contribution in [0, 0.1) is 5.82 Å². The van der Waals surface area contributed by atoms with Crippen LogP contribution in [-0.2, 0) is 23.4 Å². The van der Waals surface area contributed by atoms with Gasteiger partial charge in [0.05, 0.1) is 29.3 Å². The zero-order valence-corrected chi connectivity index (χ0v) is 18.7. The third-order valence-corrected chi connectivity index (χ3v) is 5.36. The van der Waals surface area contributed by atoms with Crippen molar-refractivity contribution in [3.63, 3.8) is 0 Å². The molecule has 0 aliphatic rings. The summed E-state index contributed by atoms with van der Waals surface area (Å²) in [6, 6.07) is 17.6. The number of aromatic nitrogens is 2. The number of fused-ring (bicyclic) bond motifs is 1. The number of aromatic amines is 1. The van der Waals surface area contributed by atoms with Crippen molar-refractivity contribution in [1.29, 1.82) is 0 Å². The van der Waals surface area contributed by atoms with Gasteiger partial charge in [0, 0.05) is 12.0 Å². The molecule has 1 aromatic heterocycles. The summed E-state index contributed by atoms with van der Waals surface area (Å²) in [6.07, 6.45) is 0.182. The van der Waals surface area contributed by atoms with Crippen molar-refractivity contribution in [1.82, 2.24) is 9.97 Å². The molecule has 0 atom stereocenters. The molecule has 0 spiro atoms. The molecule has 0 unspecified atom stereocenters. The summed E-state index contributed by atoms with van der Waals surface area (Å²) < 4.78 is 25.7. The zero-order chi connectivity index (χ0) is 23.6. The number of hydrogen-bond donors (Lipinski definition) is 2. The van der Waals surface area contributed by atoms with Gasteiger partial charge in [0.15, 0.2) is 0 Å². The number of hydrogen-bond acceptors (Lipinski definition) is 5. The molecule has 0 saturated heterocycles. The number of H-pyrrole nitrogens is 1. The van der Waals surface area contributed by atoms with Crippen LogP contribution in [0.1, 0.15) is 46.7 Å². The van der Waals surface area contributed by atoms with Crippen molar-refractivity contribution in [2.75, 3.05) is 7.11 Å². The summed E-state index contributed by atoms with van der Waals surface area (Å²) in [5, 5.41) is 10.6. The monoisotopic (exact) mass is 448 g/mol. The lowest BCUT2D eigenvalue weighted by molar-refractivity contribution is 0.0600. The van der Waals surface area contributed by atoms with Gasteiger partial charge in [-0.25, -0.2) is 14.2 Å². The minimum atomic E-state index is -1.28. The molecule has 7 heteroatoms. The van der Waals surface area contributed by atoms with Gasteiger partial charge in [-0.05, 0) is 55.3 Å². The second kappa shape index (κ2) is 9.03. The van der Waals surface area contributed by atoms with Crippen molar-refractivity contribution < 1.29 is 23.8 Å². The maximum Gasteiger partial charge on any atom is 0.337 e. The predicted octanol–water partition coefficient (Wildman–Crippen LogP) is 4.89. The summed E-state index contributed by atoms with van der Waals surface area (Å²) in [6.45, 7) is 3.47. The van der Waals surface area contributed by atoms with Crippen LogP contribution in [0.25, 0.3) is 11.0 Å². The minimum absolute atomic E-state index is 0.182. The van der Waals surface area contributed by atoms with E-state index >= 15 is 4.39 Å². The average Bonchev–Trinajstić information content (AvgIpc) is 3.20. The average molecular weight is 448 g/mol. The Bertz CT molecular complexity index is 1290. The molecular formula is C26H25FN2O4. The van der Waals surface area contributed by atoms with Crippen LogP contribution in [0.2, 0.25) is 0 Å². The fraction of sp³-hybridized carbons (Fsp3) is 0.231. The molecule has 4 aromatic rings. The Morgan fingerprint density at radius 2 is 1.88 bits per heavy atom. The van der Waals surface area contributed by atoms with Crippen LogP contribution < -0.4 is 4.74 Å². The Morgan fingerprint density at radius 1 is 1.12 bits per heavy atom. The highest BCUT2D eigenvalue weighted by Crippen LogP contribution is 2.33. The van der Waals surface area contributed by atoms with Gasteiger partial charge in [-0.3, -0.25) is 0 Å². The quantitative estimate of drug-likeness (QED) is 0.394. The van der Waals surface area contributed by atoms with Gasteiger partial charge in [-0.1, -0.05) is 30.3 Å². The van der Waals surface area contributed by atoms with Gasteiger partial charge in [-0.15, -0.1) is 0 Å². The number of carbonyl (C=O) groups excluding carboxylic acids is 1. The Morgan fingerprint density at radius 3 is 2.58 bits per heavy atom. The van der Waals surface area contributed by atoms with Gasteiger partial charge >= 0.3 is 5.97 Å². The summed E-state index contributed by atoms with van der Waals surface area (Å²) in [5.74, 6) is 0.0348. The highest BCUT2D eigenvalue weighted by atomic mass is 19.1. The number of ether oxygens (including phenoxy) is 2. The number of halogens is 1. The molecule has 0 fully saturated rings. The Balaban J connectivity index is 1.65. The standard InChI is InChI=1S/C26H25FN2O4/c1-26(2,31)19-14-20(27)18(12-23(19)33-15-16-7-5-4-6-8-16)13-24-28-21-10-9-17(25(30)32-3)11-22(21)29-24/h4-12,14,31H,13,15H2,1-3H3,(H,28,29). The number of esters is 1. The fourth-order valence-corrected chi connectivity index (χ4v) is 3.63. The number of aliphatic hydroxyl groups is 1. The van der Waals surface area contributed by atoms with E-state index in [1.165, 1.54) is 13.2 Å². The van der Waals surface area contributed by atoms with Gasteiger partial charge in [0.25, 0.3) is 0 Å². The van der Waals surface area contributed by atoms with Crippen LogP contribution in [0.15, 0.2) is 60.7 Å². The van der Waals surface area contributed by atoms with E-state index in [2.05, 4.69) is 9.97 Å². The lowest BCUT2D eigenvalue weighted by Gasteiger charge is -2.23. The molecule has 3 aromatic carbocycles. The van der Waals surface area contributed by atoms with Gasteiger partial charge in [0.2, 0.25) is 0 Å². The maximum atomic E-state index is 15.0. The second-order valence-electron chi connectivity index (χ2n) is 8.36. The van der Waals surface area contributed by atoms with Gasteiger partial charge in [0.1, 0.15) is 24.0 Å². The maximum absolute atomic E-state index is 15.0. The van der Waals surface area contributed by atoms with E-state index in [1.54, 1.807) is 38.1 Å². The predicted molar refractivity (Wildman–Crippen MR) is 123 cm³/mol. The third-order valence-electron chi connectivity index (χ3n) is 5.36. The van der Waals surface area contributed by atoms with E-state index in [0.717, 1.165) is 11.1 Å². The van der Waals surface area contributed by atoms with E-state index in [-0.39, 0.29) is 13.0 Å². The Labute approximate surface area is 191 Å². The highest BCUT2D eigenvalue weighted by molar-refractivity contribution is 5.93. The zero-order valence-electron chi connectivity index (χ0n) is 18.7. The Kier molecular flexibility index (Phi) is 6.16. The van der Waals surface area contributed by atoms with E-state index in [4.69, 9.17) is 9.47 Å². The largest absolute Gasteiger partial charge is 0.488 e. The van der Waals surface area contributed by atoms with Gasteiger partial charge < -0.3 is 19.6 Å². The first-order valence-electron chi connectivity index (χ1n) is 10.5. The van der Waals surface area contributed by atoms with Crippen molar-refractivity contribution in [3.05, 3.63) is 94.6 Å². The smallest absolute Gasteiger partial charge is 0.337 e. The molecule has 33 heavy (non-hydrogen) atoms. The molecule has 1 heterocycles. The number of imidazole rings is 1. The molecule has 0 bridgehead atoms. The number of methoxy groups -OCH3 is 1. The van der Waals surface area contributed by atoms with E-state index in [1.807, 2.05) is 30.3 Å². The van der Waals surface area contributed by atoms with Crippen molar-refractivity contribution in [2.45, 2.75) is 32.5 Å². The fourth-order valence-electron chi connectivity index (χ4n) is 3.63. The second-order valence-corrected chi connectivity index (χ2v) is 8.36.